The highest BCUT2D eigenvalue weighted by atomic mass is 32.2. The first-order valence-corrected chi connectivity index (χ1v) is 9.70. The second-order valence-electron chi connectivity index (χ2n) is 6.87. The van der Waals surface area contributed by atoms with Gasteiger partial charge in [-0.25, -0.2) is 13.1 Å². The fourth-order valence-electron chi connectivity index (χ4n) is 2.64. The average Bonchev–Trinajstić information content (AvgIpc) is 2.38. The summed E-state index contributed by atoms with van der Waals surface area (Å²) in [7, 11) is -3.16. The first kappa shape index (κ1) is 17.9. The molecule has 1 aliphatic rings. The van der Waals surface area contributed by atoms with Crippen LogP contribution in [0.2, 0.25) is 0 Å². The Morgan fingerprint density at radius 1 is 1.25 bits per heavy atom. The largest absolute Gasteiger partial charge is 0.313 e. The Labute approximate surface area is 125 Å². The molecule has 1 heterocycles. The van der Waals surface area contributed by atoms with Crippen molar-refractivity contribution in [1.29, 1.82) is 0 Å². The van der Waals surface area contributed by atoms with E-state index in [1.165, 1.54) is 19.3 Å². The van der Waals surface area contributed by atoms with Crippen LogP contribution in [0.1, 0.15) is 65.7 Å². The van der Waals surface area contributed by atoms with Crippen LogP contribution in [0.3, 0.4) is 0 Å². The molecular weight excluding hydrogens is 272 g/mol. The maximum Gasteiger partial charge on any atom is 0.213 e. The van der Waals surface area contributed by atoms with E-state index in [0.29, 0.717) is 6.54 Å². The third kappa shape index (κ3) is 7.60. The SMILES string of the molecule is CCCCCC(C)(C)CNS(=O)(=O)CC1CCCCN1. The van der Waals surface area contributed by atoms with Crippen molar-refractivity contribution in [2.45, 2.75) is 71.8 Å². The number of rotatable bonds is 9. The van der Waals surface area contributed by atoms with E-state index in [1.54, 1.807) is 0 Å². The minimum atomic E-state index is -3.16. The molecule has 20 heavy (non-hydrogen) atoms. The summed E-state index contributed by atoms with van der Waals surface area (Å²) in [4.78, 5) is 0. The second-order valence-corrected chi connectivity index (χ2v) is 8.72. The molecule has 120 valence electrons. The fourth-order valence-corrected chi connectivity index (χ4v) is 4.18. The molecule has 0 aromatic carbocycles. The van der Waals surface area contributed by atoms with Crippen LogP contribution >= 0.6 is 0 Å². The van der Waals surface area contributed by atoms with Crippen molar-refractivity contribution >= 4 is 10.0 Å². The molecular formula is C15H32N2O2S. The molecule has 0 radical (unpaired) electrons. The monoisotopic (exact) mass is 304 g/mol. The summed E-state index contributed by atoms with van der Waals surface area (Å²) >= 11 is 0. The smallest absolute Gasteiger partial charge is 0.213 e. The molecule has 1 atom stereocenters. The lowest BCUT2D eigenvalue weighted by atomic mass is 9.87. The number of piperidine rings is 1. The molecule has 1 unspecified atom stereocenters. The zero-order valence-corrected chi connectivity index (χ0v) is 14.2. The van der Waals surface area contributed by atoms with Gasteiger partial charge in [0.15, 0.2) is 0 Å². The van der Waals surface area contributed by atoms with Crippen LogP contribution in [0.5, 0.6) is 0 Å². The van der Waals surface area contributed by atoms with Gasteiger partial charge in [0, 0.05) is 12.6 Å². The van der Waals surface area contributed by atoms with Gasteiger partial charge in [0.1, 0.15) is 0 Å². The van der Waals surface area contributed by atoms with E-state index in [1.807, 2.05) is 0 Å². The first-order valence-electron chi connectivity index (χ1n) is 8.05. The highest BCUT2D eigenvalue weighted by Gasteiger charge is 2.24. The van der Waals surface area contributed by atoms with Gasteiger partial charge in [-0.1, -0.05) is 46.5 Å². The summed E-state index contributed by atoms with van der Waals surface area (Å²) < 4.78 is 27.1. The summed E-state index contributed by atoms with van der Waals surface area (Å²) in [5.74, 6) is 0.220. The molecule has 1 aliphatic heterocycles. The molecule has 0 saturated carbocycles. The lowest BCUT2D eigenvalue weighted by Crippen LogP contribution is -2.44. The highest BCUT2D eigenvalue weighted by molar-refractivity contribution is 7.89. The number of sulfonamides is 1. The van der Waals surface area contributed by atoms with Crippen LogP contribution < -0.4 is 10.0 Å². The summed E-state index contributed by atoms with van der Waals surface area (Å²) in [6.07, 6.45) is 7.95. The molecule has 1 fully saturated rings. The van der Waals surface area contributed by atoms with Crippen LogP contribution in [0.4, 0.5) is 0 Å². The molecule has 2 N–H and O–H groups in total. The Bertz CT molecular complexity index is 360. The zero-order chi connectivity index (χ0) is 15.1. The standard InChI is InChI=1S/C15H32N2O2S/c1-4-5-7-10-15(2,3)13-17-20(18,19)12-14-9-6-8-11-16-14/h14,16-17H,4-13H2,1-3H3. The third-order valence-electron chi connectivity index (χ3n) is 4.06. The maximum absolute atomic E-state index is 12.1. The van der Waals surface area contributed by atoms with E-state index in [9.17, 15) is 8.42 Å². The molecule has 0 bridgehead atoms. The second kappa shape index (κ2) is 8.35. The molecule has 0 spiro atoms. The highest BCUT2D eigenvalue weighted by Crippen LogP contribution is 2.23. The normalized spacial score (nSPS) is 21.1. The zero-order valence-electron chi connectivity index (χ0n) is 13.4. The number of nitrogens with one attached hydrogen (secondary N) is 2. The van der Waals surface area contributed by atoms with Crippen molar-refractivity contribution in [3.8, 4) is 0 Å². The number of hydrogen-bond acceptors (Lipinski definition) is 3. The molecule has 5 heteroatoms. The minimum Gasteiger partial charge on any atom is -0.313 e. The van der Waals surface area contributed by atoms with Gasteiger partial charge in [0.25, 0.3) is 0 Å². The van der Waals surface area contributed by atoms with Crippen molar-refractivity contribution < 1.29 is 8.42 Å². The van der Waals surface area contributed by atoms with Gasteiger partial charge in [-0.2, -0.15) is 0 Å². The first-order chi connectivity index (χ1) is 9.35. The van der Waals surface area contributed by atoms with Crippen molar-refractivity contribution in [1.82, 2.24) is 10.0 Å². The maximum atomic E-state index is 12.1. The van der Waals surface area contributed by atoms with Crippen LogP contribution in [0.25, 0.3) is 0 Å². The number of hydrogen-bond donors (Lipinski definition) is 2. The Morgan fingerprint density at radius 3 is 2.60 bits per heavy atom. The van der Waals surface area contributed by atoms with Crippen LogP contribution in [0.15, 0.2) is 0 Å². The van der Waals surface area contributed by atoms with E-state index in [4.69, 9.17) is 0 Å². The molecule has 0 amide bonds. The Kier molecular flexibility index (Phi) is 7.48. The van der Waals surface area contributed by atoms with Crippen LogP contribution in [-0.2, 0) is 10.0 Å². The summed E-state index contributed by atoms with van der Waals surface area (Å²) in [5.41, 5.74) is 0.0439. The molecule has 0 aliphatic carbocycles. The fraction of sp³-hybridized carbons (Fsp3) is 1.00. The third-order valence-corrected chi connectivity index (χ3v) is 5.49. The van der Waals surface area contributed by atoms with Crippen molar-refractivity contribution in [3.63, 3.8) is 0 Å². The lowest BCUT2D eigenvalue weighted by Gasteiger charge is -2.27. The van der Waals surface area contributed by atoms with Crippen LogP contribution in [-0.4, -0.2) is 33.3 Å². The Morgan fingerprint density at radius 2 is 2.00 bits per heavy atom. The van der Waals surface area contributed by atoms with Gasteiger partial charge in [-0.05, 0) is 31.2 Å². The van der Waals surface area contributed by atoms with Gasteiger partial charge < -0.3 is 5.32 Å². The summed E-state index contributed by atoms with van der Waals surface area (Å²) in [6, 6.07) is 0.129. The lowest BCUT2D eigenvalue weighted by molar-refractivity contribution is 0.320. The van der Waals surface area contributed by atoms with E-state index in [2.05, 4.69) is 30.8 Å². The number of unbranched alkanes of at least 4 members (excludes halogenated alkanes) is 2. The van der Waals surface area contributed by atoms with Gasteiger partial charge in [-0.15, -0.1) is 0 Å². The van der Waals surface area contributed by atoms with Gasteiger partial charge >= 0.3 is 0 Å². The van der Waals surface area contributed by atoms with Crippen molar-refractivity contribution in [3.05, 3.63) is 0 Å². The van der Waals surface area contributed by atoms with E-state index < -0.39 is 10.0 Å². The molecule has 4 nitrogen and oxygen atoms in total. The topological polar surface area (TPSA) is 58.2 Å². The minimum absolute atomic E-state index is 0.0439. The van der Waals surface area contributed by atoms with Crippen molar-refractivity contribution in [2.75, 3.05) is 18.8 Å². The predicted molar refractivity (Wildman–Crippen MR) is 85.4 cm³/mol. The van der Waals surface area contributed by atoms with Crippen LogP contribution in [0, 0.1) is 5.41 Å². The molecule has 1 rings (SSSR count). The average molecular weight is 305 g/mol. The van der Waals surface area contributed by atoms with E-state index in [0.717, 1.165) is 32.2 Å². The Hall–Kier alpha value is -0.130. The predicted octanol–water partition coefficient (Wildman–Crippen LogP) is 2.65. The van der Waals surface area contributed by atoms with Gasteiger partial charge in [-0.3, -0.25) is 0 Å². The quantitative estimate of drug-likeness (QED) is 0.644. The summed E-state index contributed by atoms with van der Waals surface area (Å²) in [6.45, 7) is 7.97. The van der Waals surface area contributed by atoms with Gasteiger partial charge in [0.05, 0.1) is 5.75 Å². The van der Waals surface area contributed by atoms with Crippen molar-refractivity contribution in [2.24, 2.45) is 5.41 Å². The Balaban J connectivity index is 2.33. The van der Waals surface area contributed by atoms with E-state index >= 15 is 0 Å². The van der Waals surface area contributed by atoms with E-state index in [-0.39, 0.29) is 17.2 Å². The molecule has 0 aromatic rings. The van der Waals surface area contributed by atoms with Gasteiger partial charge in [0.2, 0.25) is 10.0 Å². The summed E-state index contributed by atoms with van der Waals surface area (Å²) in [5, 5.41) is 3.30. The molecule has 1 saturated heterocycles. The molecule has 0 aromatic heterocycles.